The molecular weight excluding hydrogens is 285 g/mol. The van der Waals surface area contributed by atoms with Gasteiger partial charge in [-0.15, -0.1) is 5.10 Å². The number of nitrogens with one attached hydrogen (secondary N) is 1. The number of rotatable bonds is 4. The molecule has 0 saturated carbocycles. The summed E-state index contributed by atoms with van der Waals surface area (Å²) in [6, 6.07) is 7.54. The average Bonchev–Trinajstić information content (AvgIpc) is 3.04. The van der Waals surface area contributed by atoms with Crippen LogP contribution < -0.4 is 5.32 Å². The molecule has 110 valence electrons. The third-order valence-corrected chi connectivity index (χ3v) is 3.02. The number of aromatic nitrogens is 4. The van der Waals surface area contributed by atoms with Crippen LogP contribution in [-0.2, 0) is 11.2 Å². The maximum Gasteiger partial charge on any atom is 0.228 e. The van der Waals surface area contributed by atoms with Crippen molar-refractivity contribution in [3.8, 4) is 5.69 Å². The van der Waals surface area contributed by atoms with Gasteiger partial charge in [0.25, 0.3) is 0 Å². The number of anilines is 1. The van der Waals surface area contributed by atoms with E-state index in [1.54, 1.807) is 43.0 Å². The second kappa shape index (κ2) is 6.13. The maximum absolute atomic E-state index is 12.9. The lowest BCUT2D eigenvalue weighted by Gasteiger charge is -2.10. The Morgan fingerprint density at radius 3 is 2.73 bits per heavy atom. The molecule has 0 saturated heterocycles. The summed E-state index contributed by atoms with van der Waals surface area (Å²) in [6.07, 6.45) is 6.51. The SMILES string of the molecule is O=C(Cc1ccc(F)cc1)Nc1cnccc1-n1ccnn1. The number of hydrogen-bond donors (Lipinski definition) is 1. The molecule has 2 heterocycles. The van der Waals surface area contributed by atoms with Gasteiger partial charge in [0.05, 0.1) is 36.4 Å². The maximum atomic E-state index is 12.9. The van der Waals surface area contributed by atoms with Gasteiger partial charge in [0, 0.05) is 6.20 Å². The van der Waals surface area contributed by atoms with Crippen molar-refractivity contribution >= 4 is 11.6 Å². The number of amides is 1. The van der Waals surface area contributed by atoms with Gasteiger partial charge in [-0.05, 0) is 23.8 Å². The monoisotopic (exact) mass is 297 g/mol. The van der Waals surface area contributed by atoms with E-state index in [1.807, 2.05) is 0 Å². The van der Waals surface area contributed by atoms with E-state index in [1.165, 1.54) is 16.8 Å². The summed E-state index contributed by atoms with van der Waals surface area (Å²) >= 11 is 0. The Labute approximate surface area is 125 Å². The number of carbonyl (C=O) groups excluding carboxylic acids is 1. The molecule has 1 amide bonds. The number of pyridine rings is 1. The summed E-state index contributed by atoms with van der Waals surface area (Å²) in [5.41, 5.74) is 1.92. The largest absolute Gasteiger partial charge is 0.323 e. The molecule has 3 aromatic rings. The van der Waals surface area contributed by atoms with Gasteiger partial charge in [-0.3, -0.25) is 9.78 Å². The Balaban J connectivity index is 1.76. The van der Waals surface area contributed by atoms with Gasteiger partial charge in [-0.2, -0.15) is 0 Å². The lowest BCUT2D eigenvalue weighted by Crippen LogP contribution is -2.16. The van der Waals surface area contributed by atoms with Crippen LogP contribution in [0.1, 0.15) is 5.56 Å². The van der Waals surface area contributed by atoms with Crippen LogP contribution in [0, 0.1) is 5.82 Å². The summed E-state index contributed by atoms with van der Waals surface area (Å²) in [7, 11) is 0. The Hall–Kier alpha value is -3.09. The molecule has 1 aromatic carbocycles. The fourth-order valence-electron chi connectivity index (χ4n) is 2.00. The molecular formula is C15H12FN5O. The summed E-state index contributed by atoms with van der Waals surface area (Å²) < 4.78 is 14.4. The predicted molar refractivity (Wildman–Crippen MR) is 77.9 cm³/mol. The Bertz CT molecular complexity index is 771. The molecule has 2 aromatic heterocycles. The number of benzene rings is 1. The van der Waals surface area contributed by atoms with Crippen LogP contribution in [-0.4, -0.2) is 25.9 Å². The van der Waals surface area contributed by atoms with E-state index >= 15 is 0 Å². The van der Waals surface area contributed by atoms with E-state index in [-0.39, 0.29) is 18.1 Å². The van der Waals surface area contributed by atoms with Crippen LogP contribution in [0.15, 0.2) is 55.1 Å². The number of halogens is 1. The first kappa shape index (κ1) is 13.9. The zero-order valence-corrected chi connectivity index (χ0v) is 11.5. The van der Waals surface area contributed by atoms with Crippen molar-refractivity contribution in [1.29, 1.82) is 0 Å². The molecule has 0 atom stereocenters. The number of hydrogen-bond acceptors (Lipinski definition) is 4. The molecule has 0 aliphatic carbocycles. The van der Waals surface area contributed by atoms with Crippen LogP contribution in [0.2, 0.25) is 0 Å². The van der Waals surface area contributed by atoms with Crippen molar-refractivity contribution in [1.82, 2.24) is 20.0 Å². The van der Waals surface area contributed by atoms with Crippen molar-refractivity contribution in [3.63, 3.8) is 0 Å². The number of nitrogens with zero attached hydrogens (tertiary/aromatic N) is 4. The second-order valence-corrected chi connectivity index (χ2v) is 4.59. The van der Waals surface area contributed by atoms with Gasteiger partial charge in [0.15, 0.2) is 0 Å². The lowest BCUT2D eigenvalue weighted by atomic mass is 10.1. The number of carbonyl (C=O) groups is 1. The third kappa shape index (κ3) is 3.14. The van der Waals surface area contributed by atoms with Crippen LogP contribution in [0.3, 0.4) is 0 Å². The molecule has 0 aliphatic rings. The lowest BCUT2D eigenvalue weighted by molar-refractivity contribution is -0.115. The van der Waals surface area contributed by atoms with Crippen molar-refractivity contribution in [2.75, 3.05) is 5.32 Å². The first-order valence-electron chi connectivity index (χ1n) is 6.57. The minimum Gasteiger partial charge on any atom is -0.323 e. The van der Waals surface area contributed by atoms with Gasteiger partial charge < -0.3 is 5.32 Å². The standard InChI is InChI=1S/C15H12FN5O/c16-12-3-1-11(2-4-12)9-15(22)19-13-10-17-6-5-14(13)21-8-7-18-20-21/h1-8,10H,9H2,(H,19,22). The van der Waals surface area contributed by atoms with Crippen molar-refractivity contribution in [3.05, 3.63) is 66.5 Å². The summed E-state index contributed by atoms with van der Waals surface area (Å²) in [5.74, 6) is -0.550. The smallest absolute Gasteiger partial charge is 0.228 e. The highest BCUT2D eigenvalue weighted by atomic mass is 19.1. The van der Waals surface area contributed by atoms with E-state index in [9.17, 15) is 9.18 Å². The fourth-order valence-corrected chi connectivity index (χ4v) is 2.00. The van der Waals surface area contributed by atoms with Gasteiger partial charge in [-0.25, -0.2) is 9.07 Å². The molecule has 0 bridgehead atoms. The van der Waals surface area contributed by atoms with Crippen LogP contribution in [0.5, 0.6) is 0 Å². The van der Waals surface area contributed by atoms with E-state index in [0.717, 1.165) is 5.56 Å². The van der Waals surface area contributed by atoms with Gasteiger partial charge >= 0.3 is 0 Å². The normalized spacial score (nSPS) is 10.4. The first-order chi connectivity index (χ1) is 10.7. The second-order valence-electron chi connectivity index (χ2n) is 4.59. The molecule has 0 unspecified atom stereocenters. The zero-order valence-electron chi connectivity index (χ0n) is 11.5. The van der Waals surface area contributed by atoms with Crippen molar-refractivity contribution in [2.45, 2.75) is 6.42 Å². The van der Waals surface area contributed by atoms with Gasteiger partial charge in [-0.1, -0.05) is 17.3 Å². The van der Waals surface area contributed by atoms with Gasteiger partial charge in [0.1, 0.15) is 5.82 Å². The highest BCUT2D eigenvalue weighted by molar-refractivity contribution is 5.93. The minimum absolute atomic E-state index is 0.145. The molecule has 1 N–H and O–H groups in total. The highest BCUT2D eigenvalue weighted by Crippen LogP contribution is 2.17. The Morgan fingerprint density at radius 1 is 1.18 bits per heavy atom. The summed E-state index contributed by atoms with van der Waals surface area (Å²) in [6.45, 7) is 0. The minimum atomic E-state index is -0.329. The van der Waals surface area contributed by atoms with E-state index < -0.39 is 0 Å². The Morgan fingerprint density at radius 2 is 2.00 bits per heavy atom. The van der Waals surface area contributed by atoms with E-state index in [4.69, 9.17) is 0 Å². The van der Waals surface area contributed by atoms with Crippen molar-refractivity contribution < 1.29 is 9.18 Å². The van der Waals surface area contributed by atoms with E-state index in [2.05, 4.69) is 20.6 Å². The molecule has 3 rings (SSSR count). The molecule has 0 fully saturated rings. The zero-order chi connectivity index (χ0) is 15.4. The third-order valence-electron chi connectivity index (χ3n) is 3.02. The van der Waals surface area contributed by atoms with Gasteiger partial charge in [0.2, 0.25) is 5.91 Å². The first-order valence-corrected chi connectivity index (χ1v) is 6.57. The molecule has 6 nitrogen and oxygen atoms in total. The van der Waals surface area contributed by atoms with E-state index in [0.29, 0.717) is 11.4 Å². The molecule has 7 heteroatoms. The highest BCUT2D eigenvalue weighted by Gasteiger charge is 2.10. The summed E-state index contributed by atoms with van der Waals surface area (Å²) in [5, 5.41) is 10.4. The van der Waals surface area contributed by atoms with Crippen LogP contribution in [0.4, 0.5) is 10.1 Å². The predicted octanol–water partition coefficient (Wildman–Crippen LogP) is 1.98. The molecule has 0 radical (unpaired) electrons. The molecule has 0 aliphatic heterocycles. The Kier molecular flexibility index (Phi) is 3.86. The van der Waals surface area contributed by atoms with Crippen LogP contribution >= 0.6 is 0 Å². The quantitative estimate of drug-likeness (QED) is 0.799. The molecule has 22 heavy (non-hydrogen) atoms. The topological polar surface area (TPSA) is 72.7 Å². The molecule has 0 spiro atoms. The van der Waals surface area contributed by atoms with Crippen molar-refractivity contribution in [2.24, 2.45) is 0 Å². The summed E-state index contributed by atoms with van der Waals surface area (Å²) in [4.78, 5) is 16.1. The fraction of sp³-hybridized carbons (Fsp3) is 0.0667. The van der Waals surface area contributed by atoms with Crippen LogP contribution in [0.25, 0.3) is 5.69 Å². The average molecular weight is 297 g/mol.